The van der Waals surface area contributed by atoms with Gasteiger partial charge in [-0.25, -0.2) is 0 Å². The van der Waals surface area contributed by atoms with Gasteiger partial charge < -0.3 is 9.47 Å². The first-order valence-corrected chi connectivity index (χ1v) is 5.52. The number of rotatable bonds is 2. The van der Waals surface area contributed by atoms with Gasteiger partial charge in [0.25, 0.3) is 0 Å². The van der Waals surface area contributed by atoms with E-state index in [0.29, 0.717) is 17.9 Å². The van der Waals surface area contributed by atoms with E-state index < -0.39 is 0 Å². The summed E-state index contributed by atoms with van der Waals surface area (Å²) < 4.78 is 10.5. The zero-order valence-corrected chi connectivity index (χ0v) is 10.1. The molecule has 0 aromatic heterocycles. The highest BCUT2D eigenvalue weighted by Crippen LogP contribution is 2.46. The number of carbonyl (C=O) groups excluding carboxylic acids is 1. The average molecular weight is 271 g/mol. The van der Waals surface area contributed by atoms with Crippen molar-refractivity contribution in [1.29, 1.82) is 0 Å². The van der Waals surface area contributed by atoms with Crippen LogP contribution in [0.1, 0.15) is 27.2 Å². The second-order valence-electron chi connectivity index (χ2n) is 3.36. The van der Waals surface area contributed by atoms with Gasteiger partial charge in [-0.05, 0) is 12.1 Å². The number of methoxy groups -OCH3 is 2. The highest BCUT2D eigenvalue weighted by molar-refractivity contribution is 9.09. The van der Waals surface area contributed by atoms with Crippen molar-refractivity contribution in [2.75, 3.05) is 14.2 Å². The summed E-state index contributed by atoms with van der Waals surface area (Å²) >= 11 is 3.48. The summed E-state index contributed by atoms with van der Waals surface area (Å²) in [5.74, 6) is 1.46. The summed E-state index contributed by atoms with van der Waals surface area (Å²) in [5, 5.41) is 0. The molecule has 0 fully saturated rings. The molecule has 1 aliphatic rings. The number of carbonyl (C=O) groups is 1. The van der Waals surface area contributed by atoms with Crippen LogP contribution in [0.15, 0.2) is 12.1 Å². The van der Waals surface area contributed by atoms with Crippen LogP contribution < -0.4 is 9.47 Å². The molecule has 1 aliphatic carbocycles. The monoisotopic (exact) mass is 270 g/mol. The third-order valence-electron chi connectivity index (χ3n) is 2.56. The molecule has 0 amide bonds. The van der Waals surface area contributed by atoms with Crippen LogP contribution in [-0.2, 0) is 0 Å². The maximum absolute atomic E-state index is 11.6. The first kappa shape index (κ1) is 10.5. The van der Waals surface area contributed by atoms with Crippen LogP contribution >= 0.6 is 15.9 Å². The second-order valence-corrected chi connectivity index (χ2v) is 4.46. The Balaban J connectivity index is 2.65. The van der Waals surface area contributed by atoms with Gasteiger partial charge in [-0.3, -0.25) is 4.79 Å². The van der Waals surface area contributed by atoms with Crippen molar-refractivity contribution >= 4 is 21.7 Å². The third kappa shape index (κ3) is 1.53. The van der Waals surface area contributed by atoms with Crippen LogP contribution in [0.4, 0.5) is 0 Å². The molecule has 1 aromatic carbocycles. The molecular formula is C11H11BrO3. The van der Waals surface area contributed by atoms with Crippen molar-refractivity contribution in [2.24, 2.45) is 0 Å². The van der Waals surface area contributed by atoms with Gasteiger partial charge in [-0.15, -0.1) is 0 Å². The quantitative estimate of drug-likeness (QED) is 0.776. The fourth-order valence-electron chi connectivity index (χ4n) is 1.88. The summed E-state index contributed by atoms with van der Waals surface area (Å²) in [7, 11) is 3.17. The van der Waals surface area contributed by atoms with Crippen molar-refractivity contribution in [3.8, 4) is 11.5 Å². The van der Waals surface area contributed by atoms with Gasteiger partial charge in [0, 0.05) is 17.5 Å². The normalized spacial score (nSPS) is 18.9. The van der Waals surface area contributed by atoms with E-state index in [0.717, 1.165) is 11.1 Å². The number of ketones is 1. The zero-order chi connectivity index (χ0) is 11.0. The van der Waals surface area contributed by atoms with E-state index in [1.54, 1.807) is 26.4 Å². The lowest BCUT2D eigenvalue weighted by Crippen LogP contribution is -1.97. The third-order valence-corrected chi connectivity index (χ3v) is 3.34. The molecule has 3 nitrogen and oxygen atoms in total. The number of halogens is 1. The number of alkyl halides is 1. The fraction of sp³-hybridized carbons (Fsp3) is 0.364. The highest BCUT2D eigenvalue weighted by Gasteiger charge is 2.32. The largest absolute Gasteiger partial charge is 0.493 e. The van der Waals surface area contributed by atoms with E-state index in [2.05, 4.69) is 15.9 Å². The molecule has 0 spiro atoms. The summed E-state index contributed by atoms with van der Waals surface area (Å²) in [4.78, 5) is 11.6. The summed E-state index contributed by atoms with van der Waals surface area (Å²) in [6.45, 7) is 0. The van der Waals surface area contributed by atoms with E-state index in [9.17, 15) is 4.79 Å². The van der Waals surface area contributed by atoms with Crippen molar-refractivity contribution in [2.45, 2.75) is 11.2 Å². The Kier molecular flexibility index (Phi) is 2.69. The van der Waals surface area contributed by atoms with Crippen molar-refractivity contribution in [3.63, 3.8) is 0 Å². The first-order valence-electron chi connectivity index (χ1n) is 4.61. The fourth-order valence-corrected chi connectivity index (χ4v) is 2.63. The molecule has 0 N–H and O–H groups in total. The van der Waals surface area contributed by atoms with E-state index in [1.807, 2.05) is 0 Å². The SMILES string of the molecule is COc1ccc2c(c1OC)[C@H](Br)CC2=O. The van der Waals surface area contributed by atoms with E-state index in [1.165, 1.54) is 0 Å². The lowest BCUT2D eigenvalue weighted by atomic mass is 10.1. The first-order chi connectivity index (χ1) is 7.19. The van der Waals surface area contributed by atoms with Gasteiger partial charge in [0.15, 0.2) is 17.3 Å². The average Bonchev–Trinajstić information content (AvgIpc) is 2.53. The maximum Gasteiger partial charge on any atom is 0.165 e. The molecule has 4 heteroatoms. The Hall–Kier alpha value is -1.03. The molecule has 0 saturated heterocycles. The van der Waals surface area contributed by atoms with Gasteiger partial charge in [-0.2, -0.15) is 0 Å². The molecule has 15 heavy (non-hydrogen) atoms. The minimum Gasteiger partial charge on any atom is -0.493 e. The molecule has 0 saturated carbocycles. The molecule has 1 aromatic rings. The predicted octanol–water partition coefficient (Wildman–Crippen LogP) is 2.73. The van der Waals surface area contributed by atoms with Gasteiger partial charge in [-0.1, -0.05) is 15.9 Å². The minimum atomic E-state index is 0.0325. The summed E-state index contributed by atoms with van der Waals surface area (Å²) in [6, 6.07) is 3.56. The van der Waals surface area contributed by atoms with Crippen molar-refractivity contribution in [3.05, 3.63) is 23.3 Å². The number of hydrogen-bond donors (Lipinski definition) is 0. The van der Waals surface area contributed by atoms with Crippen LogP contribution in [0.25, 0.3) is 0 Å². The number of Topliss-reactive ketones (excluding diaryl/α,β-unsaturated/α-hetero) is 1. The summed E-state index contributed by atoms with van der Waals surface area (Å²) in [6.07, 6.45) is 0.485. The Labute approximate surface area is 96.5 Å². The Morgan fingerprint density at radius 1 is 1.33 bits per heavy atom. The van der Waals surface area contributed by atoms with Gasteiger partial charge >= 0.3 is 0 Å². The van der Waals surface area contributed by atoms with Crippen LogP contribution in [0.3, 0.4) is 0 Å². The lowest BCUT2D eigenvalue weighted by molar-refractivity contribution is 0.0994. The molecule has 0 heterocycles. The second kappa shape index (κ2) is 3.85. The van der Waals surface area contributed by atoms with E-state index in [4.69, 9.17) is 9.47 Å². The van der Waals surface area contributed by atoms with Gasteiger partial charge in [0.1, 0.15) is 0 Å². The van der Waals surface area contributed by atoms with Crippen LogP contribution in [-0.4, -0.2) is 20.0 Å². The smallest absolute Gasteiger partial charge is 0.165 e. The van der Waals surface area contributed by atoms with E-state index >= 15 is 0 Å². The molecular weight excluding hydrogens is 260 g/mol. The maximum atomic E-state index is 11.6. The zero-order valence-electron chi connectivity index (χ0n) is 8.54. The molecule has 2 rings (SSSR count). The molecule has 0 bridgehead atoms. The number of hydrogen-bond acceptors (Lipinski definition) is 3. The van der Waals surface area contributed by atoms with E-state index in [-0.39, 0.29) is 10.6 Å². The molecule has 1 atom stereocenters. The molecule has 80 valence electrons. The minimum absolute atomic E-state index is 0.0325. The topological polar surface area (TPSA) is 35.5 Å². The lowest BCUT2D eigenvalue weighted by Gasteiger charge is -2.13. The highest BCUT2D eigenvalue weighted by atomic mass is 79.9. The molecule has 0 unspecified atom stereocenters. The number of fused-ring (bicyclic) bond motifs is 1. The van der Waals surface area contributed by atoms with Crippen molar-refractivity contribution < 1.29 is 14.3 Å². The standard InChI is InChI=1S/C11H11BrO3/c1-14-9-4-3-6-8(13)5-7(12)10(6)11(9)15-2/h3-4,7H,5H2,1-2H3/t7-/m1/s1. The van der Waals surface area contributed by atoms with Gasteiger partial charge in [0.05, 0.1) is 19.0 Å². The van der Waals surface area contributed by atoms with Crippen molar-refractivity contribution in [1.82, 2.24) is 0 Å². The van der Waals surface area contributed by atoms with Crippen LogP contribution in [0, 0.1) is 0 Å². The Bertz CT molecular complexity index is 415. The number of benzene rings is 1. The van der Waals surface area contributed by atoms with Crippen LogP contribution in [0.5, 0.6) is 11.5 Å². The number of ether oxygens (including phenoxy) is 2. The Morgan fingerprint density at radius 2 is 2.07 bits per heavy atom. The van der Waals surface area contributed by atoms with Gasteiger partial charge in [0.2, 0.25) is 0 Å². The Morgan fingerprint density at radius 3 is 2.67 bits per heavy atom. The molecule has 0 radical (unpaired) electrons. The van der Waals surface area contributed by atoms with Crippen LogP contribution in [0.2, 0.25) is 0 Å². The summed E-state index contributed by atoms with van der Waals surface area (Å²) in [5.41, 5.74) is 1.64. The predicted molar refractivity (Wildman–Crippen MR) is 60.2 cm³/mol. The molecule has 0 aliphatic heterocycles.